The summed E-state index contributed by atoms with van der Waals surface area (Å²) in [5.41, 5.74) is 2.10. The smallest absolute Gasteiger partial charge is 0.283 e. The molecule has 0 aromatic heterocycles. The molecule has 0 bridgehead atoms. The lowest BCUT2D eigenvalue weighted by atomic mass is 10.1. The van der Waals surface area contributed by atoms with Gasteiger partial charge < -0.3 is 4.74 Å². The third-order valence-corrected chi connectivity index (χ3v) is 3.75. The summed E-state index contributed by atoms with van der Waals surface area (Å²) in [6, 6.07) is 12.9. The van der Waals surface area contributed by atoms with Gasteiger partial charge >= 0.3 is 0 Å². The van der Waals surface area contributed by atoms with Gasteiger partial charge in [-0.3, -0.25) is 10.1 Å². The first-order valence-corrected chi connectivity index (χ1v) is 7.54. The monoisotopic (exact) mass is 349 g/mol. The summed E-state index contributed by atoms with van der Waals surface area (Å²) >= 11 is 3.17. The topological polar surface area (TPSA) is 52.4 Å². The van der Waals surface area contributed by atoms with Gasteiger partial charge in [0.25, 0.3) is 5.69 Å². The number of ether oxygens (including phenoxy) is 1. The van der Waals surface area contributed by atoms with Gasteiger partial charge in [0.2, 0.25) is 0 Å². The van der Waals surface area contributed by atoms with Crippen LogP contribution in [0.2, 0.25) is 0 Å². The van der Waals surface area contributed by atoms with Crippen molar-refractivity contribution in [3.05, 3.63) is 68.2 Å². The van der Waals surface area contributed by atoms with Crippen LogP contribution in [0.5, 0.6) is 5.75 Å². The Labute approximate surface area is 132 Å². The van der Waals surface area contributed by atoms with Gasteiger partial charge in [0.05, 0.1) is 9.40 Å². The molecule has 0 spiro atoms. The molecule has 0 N–H and O–H groups in total. The van der Waals surface area contributed by atoms with Crippen LogP contribution in [0.25, 0.3) is 0 Å². The van der Waals surface area contributed by atoms with E-state index in [1.54, 1.807) is 6.07 Å². The zero-order chi connectivity index (χ0) is 15.2. The molecule has 0 aliphatic heterocycles. The van der Waals surface area contributed by atoms with E-state index in [-0.39, 0.29) is 5.69 Å². The van der Waals surface area contributed by atoms with E-state index in [1.807, 2.05) is 30.3 Å². The fourth-order valence-corrected chi connectivity index (χ4v) is 2.39. The van der Waals surface area contributed by atoms with E-state index < -0.39 is 4.92 Å². The van der Waals surface area contributed by atoms with Crippen molar-refractivity contribution in [1.82, 2.24) is 0 Å². The van der Waals surface area contributed by atoms with Crippen molar-refractivity contribution in [3.63, 3.8) is 0 Å². The van der Waals surface area contributed by atoms with Crippen LogP contribution in [0.1, 0.15) is 24.5 Å². The third kappa shape index (κ3) is 4.29. The van der Waals surface area contributed by atoms with Crippen molar-refractivity contribution in [2.75, 3.05) is 0 Å². The van der Waals surface area contributed by atoms with Gasteiger partial charge in [-0.05, 0) is 51.7 Å². The molecule has 0 atom stereocenters. The summed E-state index contributed by atoms with van der Waals surface area (Å²) in [5.74, 6) is 0.764. The fraction of sp³-hybridized carbons (Fsp3) is 0.250. The van der Waals surface area contributed by atoms with Gasteiger partial charge in [0, 0.05) is 6.07 Å². The lowest BCUT2D eigenvalue weighted by molar-refractivity contribution is -0.385. The van der Waals surface area contributed by atoms with Gasteiger partial charge in [0.1, 0.15) is 12.4 Å². The van der Waals surface area contributed by atoms with Crippen molar-refractivity contribution in [2.24, 2.45) is 0 Å². The second-order valence-corrected chi connectivity index (χ2v) is 5.58. The van der Waals surface area contributed by atoms with Crippen molar-refractivity contribution in [1.29, 1.82) is 0 Å². The number of halogens is 1. The van der Waals surface area contributed by atoms with Crippen LogP contribution in [0.4, 0.5) is 5.69 Å². The molecule has 110 valence electrons. The molecule has 0 unspecified atom stereocenters. The minimum atomic E-state index is -0.410. The summed E-state index contributed by atoms with van der Waals surface area (Å²) in [4.78, 5) is 10.5. The Bertz CT molecular complexity index is 626. The van der Waals surface area contributed by atoms with Crippen LogP contribution in [0.15, 0.2) is 46.9 Å². The number of benzene rings is 2. The first kappa shape index (κ1) is 15.5. The van der Waals surface area contributed by atoms with Gasteiger partial charge in [-0.15, -0.1) is 0 Å². The van der Waals surface area contributed by atoms with E-state index in [0.29, 0.717) is 11.1 Å². The zero-order valence-electron chi connectivity index (χ0n) is 11.7. The van der Waals surface area contributed by atoms with E-state index in [1.165, 1.54) is 11.6 Å². The molecule has 2 aromatic carbocycles. The van der Waals surface area contributed by atoms with E-state index >= 15 is 0 Å². The number of hydrogen-bond acceptors (Lipinski definition) is 3. The quantitative estimate of drug-likeness (QED) is 0.551. The normalized spacial score (nSPS) is 10.4. The van der Waals surface area contributed by atoms with E-state index in [9.17, 15) is 10.1 Å². The highest BCUT2D eigenvalue weighted by molar-refractivity contribution is 9.10. The summed E-state index contributed by atoms with van der Waals surface area (Å²) in [6.45, 7) is 2.45. The SMILES string of the molecule is CCCc1ccc(OCc2ccc(Br)c([N+](=O)[O-])c2)cc1. The molecule has 0 saturated heterocycles. The van der Waals surface area contributed by atoms with Crippen LogP contribution >= 0.6 is 15.9 Å². The van der Waals surface area contributed by atoms with Gasteiger partial charge in [-0.1, -0.05) is 31.5 Å². The van der Waals surface area contributed by atoms with Gasteiger partial charge in [-0.25, -0.2) is 0 Å². The molecule has 0 radical (unpaired) electrons. The minimum Gasteiger partial charge on any atom is -0.489 e. The fourth-order valence-electron chi connectivity index (χ4n) is 2.00. The Hall–Kier alpha value is -1.88. The number of rotatable bonds is 6. The molecule has 4 nitrogen and oxygen atoms in total. The Kier molecular flexibility index (Phi) is 5.33. The second kappa shape index (κ2) is 7.22. The summed E-state index contributed by atoms with van der Waals surface area (Å²) in [6.07, 6.45) is 2.17. The van der Waals surface area contributed by atoms with Crippen LogP contribution in [-0.2, 0) is 13.0 Å². The Balaban J connectivity index is 2.02. The van der Waals surface area contributed by atoms with Crippen LogP contribution in [0, 0.1) is 10.1 Å². The van der Waals surface area contributed by atoms with Crippen LogP contribution < -0.4 is 4.74 Å². The molecule has 0 aliphatic carbocycles. The number of nitro groups is 1. The highest BCUT2D eigenvalue weighted by atomic mass is 79.9. The molecule has 0 fully saturated rings. The average Bonchev–Trinajstić information content (AvgIpc) is 2.48. The lowest BCUT2D eigenvalue weighted by Crippen LogP contribution is -1.98. The standard InChI is InChI=1S/C16H16BrNO3/c1-2-3-12-4-7-14(8-5-12)21-11-13-6-9-15(17)16(10-13)18(19)20/h4-10H,2-3,11H2,1H3. The molecule has 0 aliphatic rings. The number of nitrogens with zero attached hydrogens (tertiary/aromatic N) is 1. The summed E-state index contributed by atoms with van der Waals surface area (Å²) < 4.78 is 6.13. The summed E-state index contributed by atoms with van der Waals surface area (Å²) in [5, 5.41) is 10.9. The molecule has 21 heavy (non-hydrogen) atoms. The van der Waals surface area contributed by atoms with Crippen molar-refractivity contribution in [2.45, 2.75) is 26.4 Å². The molecule has 5 heteroatoms. The van der Waals surface area contributed by atoms with Gasteiger partial charge in [0.15, 0.2) is 0 Å². The first-order chi connectivity index (χ1) is 10.1. The molecular weight excluding hydrogens is 334 g/mol. The van der Waals surface area contributed by atoms with E-state index in [0.717, 1.165) is 24.2 Å². The average molecular weight is 350 g/mol. The lowest BCUT2D eigenvalue weighted by Gasteiger charge is -2.07. The maximum absolute atomic E-state index is 10.9. The molecule has 0 saturated carbocycles. The predicted octanol–water partition coefficient (Wildman–Crippen LogP) is 4.89. The summed E-state index contributed by atoms with van der Waals surface area (Å²) in [7, 11) is 0. The Morgan fingerprint density at radius 3 is 2.43 bits per heavy atom. The van der Waals surface area contributed by atoms with Crippen molar-refractivity contribution >= 4 is 21.6 Å². The highest BCUT2D eigenvalue weighted by Crippen LogP contribution is 2.26. The largest absolute Gasteiger partial charge is 0.489 e. The van der Waals surface area contributed by atoms with Crippen LogP contribution in [0.3, 0.4) is 0 Å². The minimum absolute atomic E-state index is 0.0504. The second-order valence-electron chi connectivity index (χ2n) is 4.73. The zero-order valence-corrected chi connectivity index (χ0v) is 13.3. The third-order valence-electron chi connectivity index (χ3n) is 3.07. The van der Waals surface area contributed by atoms with Gasteiger partial charge in [-0.2, -0.15) is 0 Å². The Morgan fingerprint density at radius 1 is 1.14 bits per heavy atom. The first-order valence-electron chi connectivity index (χ1n) is 6.74. The molecular formula is C16H16BrNO3. The van der Waals surface area contributed by atoms with E-state index in [4.69, 9.17) is 4.74 Å². The molecule has 0 heterocycles. The van der Waals surface area contributed by atoms with Crippen LogP contribution in [-0.4, -0.2) is 4.92 Å². The van der Waals surface area contributed by atoms with Crippen molar-refractivity contribution in [3.8, 4) is 5.75 Å². The highest BCUT2D eigenvalue weighted by Gasteiger charge is 2.12. The molecule has 2 aromatic rings. The predicted molar refractivity (Wildman–Crippen MR) is 85.6 cm³/mol. The number of aryl methyl sites for hydroxylation is 1. The number of nitro benzene ring substituents is 1. The Morgan fingerprint density at radius 2 is 1.81 bits per heavy atom. The maximum atomic E-state index is 10.9. The molecule has 0 amide bonds. The maximum Gasteiger partial charge on any atom is 0.283 e. The number of hydrogen-bond donors (Lipinski definition) is 0. The van der Waals surface area contributed by atoms with Crippen molar-refractivity contribution < 1.29 is 9.66 Å². The van der Waals surface area contributed by atoms with E-state index in [2.05, 4.69) is 22.9 Å². The molecule has 2 rings (SSSR count).